The number of ether oxygens (including phenoxy) is 6. The number of methoxy groups -OCH3 is 3. The topological polar surface area (TPSA) is 92.7 Å². The predicted molar refractivity (Wildman–Crippen MR) is 68.6 cm³/mol. The molecule has 1 N–H and O–H groups in total. The second-order valence-electron chi connectivity index (χ2n) is 5.06. The Kier molecular flexibility index (Phi) is 5.53. The van der Waals surface area contributed by atoms with E-state index in [2.05, 4.69) is 0 Å². The lowest BCUT2D eigenvalue weighted by Gasteiger charge is -2.44. The highest BCUT2D eigenvalue weighted by molar-refractivity contribution is 5.77. The summed E-state index contributed by atoms with van der Waals surface area (Å²) >= 11 is 0. The van der Waals surface area contributed by atoms with E-state index < -0.39 is 36.7 Å². The molecule has 0 radical (unpaired) electrons. The third kappa shape index (κ3) is 3.20. The Morgan fingerprint density at radius 1 is 1.10 bits per heavy atom. The first-order chi connectivity index (χ1) is 10.0. The Balaban J connectivity index is 2.09. The molecule has 2 saturated heterocycles. The maximum absolute atomic E-state index is 11.2. The molecular formula is C13H22O8. The van der Waals surface area contributed by atoms with Crippen molar-refractivity contribution in [2.24, 2.45) is 0 Å². The summed E-state index contributed by atoms with van der Waals surface area (Å²) in [6, 6.07) is 0. The maximum Gasteiger partial charge on any atom is 0.337 e. The first-order valence-corrected chi connectivity index (χ1v) is 6.77. The number of cyclic esters (lactones) is 1. The molecule has 0 aromatic carbocycles. The SMILES string of the molecule is CO[C@H]1[C@H](OC)[C@@H](C)OC(O[C@@H]2COC(=O)[C@@H]2O)[C@H]1OC. The molecule has 0 amide bonds. The molecular weight excluding hydrogens is 284 g/mol. The maximum atomic E-state index is 11.2. The summed E-state index contributed by atoms with van der Waals surface area (Å²) in [5, 5.41) is 9.68. The highest BCUT2D eigenvalue weighted by Gasteiger charge is 2.48. The van der Waals surface area contributed by atoms with Gasteiger partial charge in [-0.1, -0.05) is 0 Å². The number of hydrogen-bond acceptors (Lipinski definition) is 8. The number of hydrogen-bond donors (Lipinski definition) is 1. The lowest BCUT2D eigenvalue weighted by molar-refractivity contribution is -0.317. The molecule has 0 bridgehead atoms. The zero-order chi connectivity index (χ0) is 15.6. The fourth-order valence-corrected chi connectivity index (χ4v) is 2.70. The van der Waals surface area contributed by atoms with Gasteiger partial charge in [-0.2, -0.15) is 0 Å². The van der Waals surface area contributed by atoms with Crippen LogP contribution in [0.3, 0.4) is 0 Å². The van der Waals surface area contributed by atoms with Crippen LogP contribution in [0.2, 0.25) is 0 Å². The van der Waals surface area contributed by atoms with Crippen LogP contribution in [0.15, 0.2) is 0 Å². The van der Waals surface area contributed by atoms with Crippen molar-refractivity contribution in [2.75, 3.05) is 27.9 Å². The summed E-state index contributed by atoms with van der Waals surface area (Å²) in [7, 11) is 4.62. The van der Waals surface area contributed by atoms with Crippen LogP contribution in [-0.2, 0) is 33.2 Å². The fourth-order valence-electron chi connectivity index (χ4n) is 2.70. The van der Waals surface area contributed by atoms with Crippen molar-refractivity contribution in [3.8, 4) is 0 Å². The minimum Gasteiger partial charge on any atom is -0.461 e. The zero-order valence-corrected chi connectivity index (χ0v) is 12.6. The van der Waals surface area contributed by atoms with E-state index in [1.807, 2.05) is 6.92 Å². The minimum atomic E-state index is -1.32. The summed E-state index contributed by atoms with van der Waals surface area (Å²) in [6.45, 7) is 1.81. The van der Waals surface area contributed by atoms with Crippen LogP contribution < -0.4 is 0 Å². The van der Waals surface area contributed by atoms with E-state index in [9.17, 15) is 9.90 Å². The van der Waals surface area contributed by atoms with E-state index in [1.165, 1.54) is 7.11 Å². The van der Waals surface area contributed by atoms with Crippen molar-refractivity contribution in [2.45, 2.75) is 49.8 Å². The molecule has 2 fully saturated rings. The number of aliphatic hydroxyl groups excluding tert-OH is 1. The van der Waals surface area contributed by atoms with Gasteiger partial charge in [0.1, 0.15) is 31.0 Å². The van der Waals surface area contributed by atoms with Crippen LogP contribution in [0, 0.1) is 0 Å². The number of carbonyl (C=O) groups is 1. The zero-order valence-electron chi connectivity index (χ0n) is 12.6. The molecule has 21 heavy (non-hydrogen) atoms. The van der Waals surface area contributed by atoms with E-state index in [0.717, 1.165) is 0 Å². The van der Waals surface area contributed by atoms with Crippen LogP contribution in [0.5, 0.6) is 0 Å². The van der Waals surface area contributed by atoms with Crippen LogP contribution in [0.4, 0.5) is 0 Å². The van der Waals surface area contributed by atoms with Crippen molar-refractivity contribution in [3.05, 3.63) is 0 Å². The third-order valence-corrected chi connectivity index (χ3v) is 3.84. The molecule has 0 aromatic heterocycles. The third-order valence-electron chi connectivity index (χ3n) is 3.84. The van der Waals surface area contributed by atoms with Crippen molar-refractivity contribution in [1.82, 2.24) is 0 Å². The van der Waals surface area contributed by atoms with Gasteiger partial charge < -0.3 is 33.5 Å². The average Bonchev–Trinajstić information content (AvgIpc) is 2.78. The first kappa shape index (κ1) is 16.6. The Hall–Kier alpha value is -0.770. The van der Waals surface area contributed by atoms with Crippen molar-refractivity contribution < 1.29 is 38.3 Å². The molecule has 122 valence electrons. The Bertz CT molecular complexity index is 362. The second kappa shape index (κ2) is 6.99. The quantitative estimate of drug-likeness (QED) is 0.652. The molecule has 2 rings (SSSR count). The normalized spacial score (nSPS) is 43.9. The Morgan fingerprint density at radius 3 is 2.19 bits per heavy atom. The molecule has 0 saturated carbocycles. The van der Waals surface area contributed by atoms with E-state index in [1.54, 1.807) is 14.2 Å². The van der Waals surface area contributed by atoms with Gasteiger partial charge in [-0.05, 0) is 6.92 Å². The summed E-state index contributed by atoms with van der Waals surface area (Å²) in [5.74, 6) is -0.698. The van der Waals surface area contributed by atoms with E-state index in [0.29, 0.717) is 0 Å². The Morgan fingerprint density at radius 2 is 1.71 bits per heavy atom. The monoisotopic (exact) mass is 306 g/mol. The van der Waals surface area contributed by atoms with Gasteiger partial charge in [0, 0.05) is 21.3 Å². The number of aliphatic hydroxyl groups is 1. The van der Waals surface area contributed by atoms with Crippen molar-refractivity contribution >= 4 is 5.97 Å². The van der Waals surface area contributed by atoms with Crippen molar-refractivity contribution in [3.63, 3.8) is 0 Å². The van der Waals surface area contributed by atoms with Gasteiger partial charge in [0.2, 0.25) is 0 Å². The molecule has 0 aromatic rings. The second-order valence-corrected chi connectivity index (χ2v) is 5.06. The minimum absolute atomic E-state index is 0.0178. The van der Waals surface area contributed by atoms with E-state index in [4.69, 9.17) is 28.4 Å². The van der Waals surface area contributed by atoms with Gasteiger partial charge in [0.25, 0.3) is 0 Å². The van der Waals surface area contributed by atoms with Gasteiger partial charge >= 0.3 is 5.97 Å². The highest BCUT2D eigenvalue weighted by atomic mass is 16.7. The van der Waals surface area contributed by atoms with E-state index >= 15 is 0 Å². The fraction of sp³-hybridized carbons (Fsp3) is 0.923. The summed E-state index contributed by atoms with van der Waals surface area (Å²) in [5.41, 5.74) is 0. The van der Waals surface area contributed by atoms with Gasteiger partial charge in [-0.15, -0.1) is 0 Å². The number of rotatable bonds is 5. The lowest BCUT2D eigenvalue weighted by atomic mass is 9.99. The molecule has 8 heteroatoms. The lowest BCUT2D eigenvalue weighted by Crippen LogP contribution is -2.60. The molecule has 7 atom stereocenters. The van der Waals surface area contributed by atoms with Crippen LogP contribution >= 0.6 is 0 Å². The van der Waals surface area contributed by atoms with E-state index in [-0.39, 0.29) is 18.8 Å². The molecule has 8 nitrogen and oxygen atoms in total. The molecule has 0 spiro atoms. The van der Waals surface area contributed by atoms with Crippen molar-refractivity contribution in [1.29, 1.82) is 0 Å². The molecule has 0 aliphatic carbocycles. The van der Waals surface area contributed by atoms with Gasteiger partial charge in [-0.25, -0.2) is 4.79 Å². The highest BCUT2D eigenvalue weighted by Crippen LogP contribution is 2.29. The molecule has 2 heterocycles. The van der Waals surface area contributed by atoms with Crippen LogP contribution in [0.1, 0.15) is 6.92 Å². The predicted octanol–water partition coefficient (Wildman–Crippen LogP) is -0.921. The van der Waals surface area contributed by atoms with Crippen LogP contribution in [-0.4, -0.2) is 81.9 Å². The molecule has 2 aliphatic rings. The van der Waals surface area contributed by atoms with Crippen LogP contribution in [0.25, 0.3) is 0 Å². The number of esters is 1. The molecule has 2 aliphatic heterocycles. The van der Waals surface area contributed by atoms with Gasteiger partial charge in [0.05, 0.1) is 6.10 Å². The number of carbonyl (C=O) groups excluding carboxylic acids is 1. The van der Waals surface area contributed by atoms with Gasteiger partial charge in [0.15, 0.2) is 12.4 Å². The summed E-state index contributed by atoms with van der Waals surface area (Å²) in [4.78, 5) is 11.2. The molecule has 1 unspecified atom stereocenters. The summed E-state index contributed by atoms with van der Waals surface area (Å²) in [6.07, 6.45) is -4.47. The van der Waals surface area contributed by atoms with Gasteiger partial charge in [-0.3, -0.25) is 0 Å². The Labute approximate surface area is 123 Å². The average molecular weight is 306 g/mol. The first-order valence-electron chi connectivity index (χ1n) is 6.77. The summed E-state index contributed by atoms with van der Waals surface area (Å²) < 4.78 is 32.4. The smallest absolute Gasteiger partial charge is 0.337 e. The standard InChI is InChI=1S/C13H22O8/c1-6-9(16-2)10(17-3)11(18-4)13(20-6)21-7-5-19-12(15)8(7)14/h6-11,13-14H,5H2,1-4H3/t6-,7-,8-,9-,10+,11+,13?/m1/s1. The largest absolute Gasteiger partial charge is 0.461 e.